The summed E-state index contributed by atoms with van der Waals surface area (Å²) in [5, 5.41) is 7.97. The van der Waals surface area contributed by atoms with Crippen molar-refractivity contribution in [3.8, 4) is 0 Å². The number of benzene rings is 2. The molecule has 0 spiro atoms. The van der Waals surface area contributed by atoms with Crippen LogP contribution in [0.4, 0.5) is 10.5 Å². The van der Waals surface area contributed by atoms with Crippen LogP contribution in [0.5, 0.6) is 0 Å². The van der Waals surface area contributed by atoms with E-state index in [1.54, 1.807) is 6.07 Å². The molecule has 1 fully saturated rings. The van der Waals surface area contributed by atoms with E-state index in [9.17, 15) is 14.4 Å². The van der Waals surface area contributed by atoms with Gasteiger partial charge in [-0.05, 0) is 30.2 Å². The zero-order valence-corrected chi connectivity index (χ0v) is 17.8. The van der Waals surface area contributed by atoms with E-state index in [2.05, 4.69) is 16.0 Å². The van der Waals surface area contributed by atoms with Crippen LogP contribution < -0.4 is 16.0 Å². The van der Waals surface area contributed by atoms with E-state index in [1.807, 2.05) is 66.1 Å². The summed E-state index contributed by atoms with van der Waals surface area (Å²) < 4.78 is 0. The molecule has 30 heavy (non-hydrogen) atoms. The minimum atomic E-state index is -0.547. The van der Waals surface area contributed by atoms with Crippen LogP contribution in [0.25, 0.3) is 0 Å². The summed E-state index contributed by atoms with van der Waals surface area (Å²) in [6.45, 7) is 3.63. The molecule has 2 aromatic carbocycles. The van der Waals surface area contributed by atoms with Gasteiger partial charge in [-0.15, -0.1) is 0 Å². The van der Waals surface area contributed by atoms with Crippen molar-refractivity contribution < 1.29 is 14.4 Å². The number of hydrogen-bond acceptors (Lipinski definition) is 5. The predicted octanol–water partition coefficient (Wildman–Crippen LogP) is 2.62. The summed E-state index contributed by atoms with van der Waals surface area (Å²) in [6.07, 6.45) is 0. The van der Waals surface area contributed by atoms with Crippen molar-refractivity contribution in [2.45, 2.75) is 13.5 Å². The molecular weight excluding hydrogens is 400 g/mol. The number of hydrogen-bond donors (Lipinski definition) is 3. The molecule has 0 aliphatic carbocycles. The highest BCUT2D eigenvalue weighted by molar-refractivity contribution is 7.99. The molecule has 1 saturated heterocycles. The summed E-state index contributed by atoms with van der Waals surface area (Å²) in [7, 11) is 0. The number of amides is 4. The van der Waals surface area contributed by atoms with E-state index in [4.69, 9.17) is 0 Å². The van der Waals surface area contributed by atoms with Crippen molar-refractivity contribution in [1.29, 1.82) is 0 Å². The second kappa shape index (κ2) is 10.7. The van der Waals surface area contributed by atoms with Crippen molar-refractivity contribution in [3.63, 3.8) is 0 Å². The monoisotopic (exact) mass is 426 g/mol. The summed E-state index contributed by atoms with van der Waals surface area (Å²) in [5.74, 6) is 1.47. The highest BCUT2D eigenvalue weighted by Gasteiger charge is 2.21. The van der Waals surface area contributed by atoms with Crippen LogP contribution in [-0.2, 0) is 11.3 Å². The van der Waals surface area contributed by atoms with Gasteiger partial charge in [0.2, 0.25) is 5.91 Å². The van der Waals surface area contributed by atoms with Gasteiger partial charge in [0.1, 0.15) is 0 Å². The molecule has 3 rings (SSSR count). The number of carbonyl (C=O) groups excluding carboxylic acids is 3. The Bertz CT molecular complexity index is 899. The molecule has 2 aromatic rings. The van der Waals surface area contributed by atoms with Gasteiger partial charge in [0.05, 0.1) is 6.54 Å². The maximum absolute atomic E-state index is 12.8. The molecule has 0 saturated carbocycles. The van der Waals surface area contributed by atoms with E-state index in [0.717, 1.165) is 35.7 Å². The number of anilines is 1. The molecule has 3 N–H and O–H groups in total. The molecule has 1 heterocycles. The Balaban J connectivity index is 1.50. The Hall–Kier alpha value is -3.00. The van der Waals surface area contributed by atoms with Crippen LogP contribution in [0, 0.1) is 6.92 Å². The lowest BCUT2D eigenvalue weighted by molar-refractivity contribution is -0.118. The fourth-order valence-corrected chi connectivity index (χ4v) is 4.07. The molecule has 0 radical (unpaired) electrons. The fourth-order valence-electron chi connectivity index (χ4n) is 3.16. The Morgan fingerprint density at radius 3 is 2.47 bits per heavy atom. The molecule has 1 aliphatic rings. The number of thioether (sulfide) groups is 1. The average molecular weight is 427 g/mol. The van der Waals surface area contributed by atoms with Crippen LogP contribution in [-0.4, -0.2) is 53.9 Å². The topological polar surface area (TPSA) is 90.5 Å². The number of rotatable bonds is 6. The highest BCUT2D eigenvalue weighted by Crippen LogP contribution is 2.21. The number of carbonyl (C=O) groups is 3. The van der Waals surface area contributed by atoms with Gasteiger partial charge in [-0.25, -0.2) is 4.79 Å². The Labute approximate surface area is 180 Å². The smallest absolute Gasteiger partial charge is 0.321 e. The lowest BCUT2D eigenvalue weighted by Gasteiger charge is -2.27. The van der Waals surface area contributed by atoms with Crippen LogP contribution in [0.15, 0.2) is 48.5 Å². The fraction of sp³-hybridized carbons (Fsp3) is 0.318. The molecule has 158 valence electrons. The lowest BCUT2D eigenvalue weighted by Crippen LogP contribution is -2.41. The van der Waals surface area contributed by atoms with Gasteiger partial charge in [0, 0.05) is 42.4 Å². The van der Waals surface area contributed by atoms with Gasteiger partial charge < -0.3 is 15.5 Å². The number of imide groups is 1. The number of nitrogens with one attached hydrogen (secondary N) is 3. The van der Waals surface area contributed by atoms with Gasteiger partial charge in [0.25, 0.3) is 5.91 Å². The largest absolute Gasteiger partial charge is 0.376 e. The van der Waals surface area contributed by atoms with Crippen molar-refractivity contribution in [2.75, 3.05) is 36.5 Å². The predicted molar refractivity (Wildman–Crippen MR) is 120 cm³/mol. The highest BCUT2D eigenvalue weighted by atomic mass is 32.2. The first-order chi connectivity index (χ1) is 14.5. The average Bonchev–Trinajstić information content (AvgIpc) is 2.78. The maximum Gasteiger partial charge on any atom is 0.321 e. The van der Waals surface area contributed by atoms with Crippen LogP contribution in [0.2, 0.25) is 0 Å². The summed E-state index contributed by atoms with van der Waals surface area (Å²) >= 11 is 1.85. The van der Waals surface area contributed by atoms with E-state index in [-0.39, 0.29) is 12.5 Å². The molecule has 0 atom stereocenters. The van der Waals surface area contributed by atoms with Gasteiger partial charge in [-0.3, -0.25) is 14.9 Å². The molecule has 4 amide bonds. The molecular formula is C22H26N4O3S. The van der Waals surface area contributed by atoms with Gasteiger partial charge in [0.15, 0.2) is 0 Å². The molecule has 0 unspecified atom stereocenters. The third-order valence-electron chi connectivity index (χ3n) is 4.85. The quantitative estimate of drug-likeness (QED) is 0.661. The van der Waals surface area contributed by atoms with Crippen LogP contribution in [0.3, 0.4) is 0 Å². The summed E-state index contributed by atoms with van der Waals surface area (Å²) in [4.78, 5) is 38.7. The zero-order valence-electron chi connectivity index (χ0n) is 16.9. The van der Waals surface area contributed by atoms with Crippen molar-refractivity contribution >= 4 is 35.3 Å². The minimum Gasteiger partial charge on any atom is -0.376 e. The zero-order chi connectivity index (χ0) is 21.3. The standard InChI is InChI=1S/C22H26N4O3S/c1-16-18(21(28)26-10-12-30-13-11-26)8-5-9-19(16)23-15-20(27)25-22(29)24-14-17-6-3-2-4-7-17/h2-9,23H,10-15H2,1H3,(H2,24,25,27,29). The normalized spacial score (nSPS) is 13.4. The van der Waals surface area contributed by atoms with Gasteiger partial charge in [-0.1, -0.05) is 36.4 Å². The Morgan fingerprint density at radius 1 is 1.00 bits per heavy atom. The Morgan fingerprint density at radius 2 is 1.73 bits per heavy atom. The van der Waals surface area contributed by atoms with Gasteiger partial charge in [-0.2, -0.15) is 11.8 Å². The molecule has 1 aliphatic heterocycles. The first kappa shape index (κ1) is 21.7. The number of urea groups is 1. The maximum atomic E-state index is 12.8. The summed E-state index contributed by atoms with van der Waals surface area (Å²) in [5.41, 5.74) is 3.07. The second-order valence-electron chi connectivity index (χ2n) is 6.95. The lowest BCUT2D eigenvalue weighted by atomic mass is 10.1. The molecule has 0 aromatic heterocycles. The van der Waals surface area contributed by atoms with E-state index in [1.165, 1.54) is 0 Å². The third-order valence-corrected chi connectivity index (χ3v) is 5.79. The van der Waals surface area contributed by atoms with E-state index in [0.29, 0.717) is 17.8 Å². The Kier molecular flexibility index (Phi) is 7.73. The van der Waals surface area contributed by atoms with Crippen molar-refractivity contribution in [2.24, 2.45) is 0 Å². The second-order valence-corrected chi connectivity index (χ2v) is 8.18. The number of nitrogens with zero attached hydrogens (tertiary/aromatic N) is 1. The summed E-state index contributed by atoms with van der Waals surface area (Å²) in [6, 6.07) is 14.3. The van der Waals surface area contributed by atoms with Gasteiger partial charge >= 0.3 is 6.03 Å². The first-order valence-corrected chi connectivity index (χ1v) is 11.0. The van der Waals surface area contributed by atoms with E-state index < -0.39 is 11.9 Å². The van der Waals surface area contributed by atoms with Crippen molar-refractivity contribution in [3.05, 3.63) is 65.2 Å². The molecule has 7 nitrogen and oxygen atoms in total. The minimum absolute atomic E-state index is 0.0150. The molecule has 0 bridgehead atoms. The molecule has 8 heteroatoms. The van der Waals surface area contributed by atoms with Crippen molar-refractivity contribution in [1.82, 2.24) is 15.5 Å². The third kappa shape index (κ3) is 6.00. The van der Waals surface area contributed by atoms with Crippen LogP contribution >= 0.6 is 11.8 Å². The SMILES string of the molecule is Cc1c(NCC(=O)NC(=O)NCc2ccccc2)cccc1C(=O)N1CCSCC1. The van der Waals surface area contributed by atoms with Crippen LogP contribution in [0.1, 0.15) is 21.5 Å². The first-order valence-electron chi connectivity index (χ1n) is 9.86. The van der Waals surface area contributed by atoms with E-state index >= 15 is 0 Å².